The lowest BCUT2D eigenvalue weighted by molar-refractivity contribution is -0.308. The third-order valence-corrected chi connectivity index (χ3v) is 7.62. The average molecular weight is 403 g/mol. The molecule has 156 valence electrons. The van der Waals surface area contributed by atoms with E-state index in [-0.39, 0.29) is 30.6 Å². The van der Waals surface area contributed by atoms with Gasteiger partial charge in [0.2, 0.25) is 11.7 Å². The van der Waals surface area contributed by atoms with Gasteiger partial charge in [-0.25, -0.2) is 0 Å². The van der Waals surface area contributed by atoms with Gasteiger partial charge in [-0.2, -0.15) is 0 Å². The number of nitrogens with zero attached hydrogens (tertiary/aromatic N) is 1. The average Bonchev–Trinajstić information content (AvgIpc) is 3.17. The zero-order valence-corrected chi connectivity index (χ0v) is 17.2. The molecule has 2 heterocycles. The van der Waals surface area contributed by atoms with E-state index in [2.05, 4.69) is 0 Å². The molecule has 5 atom stereocenters. The van der Waals surface area contributed by atoms with E-state index in [0.717, 1.165) is 11.1 Å². The van der Waals surface area contributed by atoms with Crippen molar-refractivity contribution in [2.75, 3.05) is 35.5 Å². The van der Waals surface area contributed by atoms with Gasteiger partial charge in [0.1, 0.15) is 5.54 Å². The number of hydrogen-bond donors (Lipinski definition) is 0. The summed E-state index contributed by atoms with van der Waals surface area (Å²) in [7, 11) is 7.91. The van der Waals surface area contributed by atoms with Crippen molar-refractivity contribution in [3.63, 3.8) is 0 Å². The lowest BCUT2D eigenvalue weighted by atomic mass is 9.50. The highest BCUT2D eigenvalue weighted by Crippen LogP contribution is 2.72. The van der Waals surface area contributed by atoms with Crippen LogP contribution in [-0.2, 0) is 29.2 Å². The predicted molar refractivity (Wildman–Crippen MR) is 99.9 cm³/mol. The SMILES string of the molecule is COc1ccc2c(c1OC)[C@]13CC(=O)[C@H](OC)[C@]4(OC)O[C@H]2C[C@]14N(C)C(=O)C3. The summed E-state index contributed by atoms with van der Waals surface area (Å²) < 4.78 is 29.5. The summed E-state index contributed by atoms with van der Waals surface area (Å²) in [5, 5.41) is 0. The molecule has 2 bridgehead atoms. The van der Waals surface area contributed by atoms with Crippen molar-refractivity contribution in [1.82, 2.24) is 4.90 Å². The number of rotatable bonds is 4. The van der Waals surface area contributed by atoms with Crippen LogP contribution in [0.15, 0.2) is 12.1 Å². The van der Waals surface area contributed by atoms with Gasteiger partial charge >= 0.3 is 0 Å². The molecule has 0 aromatic heterocycles. The molecule has 1 saturated carbocycles. The van der Waals surface area contributed by atoms with E-state index in [1.165, 1.54) is 14.2 Å². The summed E-state index contributed by atoms with van der Waals surface area (Å²) in [5.41, 5.74) is -0.0269. The lowest BCUT2D eigenvalue weighted by Crippen LogP contribution is -2.77. The van der Waals surface area contributed by atoms with E-state index in [9.17, 15) is 9.59 Å². The van der Waals surface area contributed by atoms with Gasteiger partial charge in [-0.3, -0.25) is 9.59 Å². The maximum atomic E-state index is 13.3. The van der Waals surface area contributed by atoms with E-state index in [4.69, 9.17) is 23.7 Å². The first-order valence-corrected chi connectivity index (χ1v) is 9.68. The third-order valence-electron chi connectivity index (χ3n) is 7.62. The minimum Gasteiger partial charge on any atom is -0.493 e. The highest BCUT2D eigenvalue weighted by Gasteiger charge is 2.84. The maximum Gasteiger partial charge on any atom is 0.227 e. The minimum absolute atomic E-state index is 0.0575. The first-order valence-electron chi connectivity index (χ1n) is 9.68. The van der Waals surface area contributed by atoms with E-state index in [1.54, 1.807) is 26.2 Å². The van der Waals surface area contributed by atoms with Gasteiger partial charge in [-0.05, 0) is 11.6 Å². The number of carbonyl (C=O) groups is 2. The van der Waals surface area contributed by atoms with Crippen LogP contribution < -0.4 is 9.47 Å². The number of likely N-dealkylation sites (tertiary alicyclic amines) is 1. The maximum absolute atomic E-state index is 13.3. The minimum atomic E-state index is -1.40. The topological polar surface area (TPSA) is 83.5 Å². The Morgan fingerprint density at radius 1 is 1.10 bits per heavy atom. The quantitative estimate of drug-likeness (QED) is 0.750. The monoisotopic (exact) mass is 403 g/mol. The summed E-state index contributed by atoms with van der Waals surface area (Å²) >= 11 is 0. The Kier molecular flexibility index (Phi) is 3.71. The number of ketones is 1. The Hall–Kier alpha value is -2.16. The van der Waals surface area contributed by atoms with E-state index in [1.807, 2.05) is 12.1 Å². The smallest absolute Gasteiger partial charge is 0.227 e. The van der Waals surface area contributed by atoms with Crippen molar-refractivity contribution in [2.24, 2.45) is 0 Å². The normalized spacial score (nSPS) is 39.4. The summed E-state index contributed by atoms with van der Waals surface area (Å²) in [5.74, 6) is -0.505. The molecule has 1 aromatic rings. The number of carbonyl (C=O) groups excluding carboxylic acids is 2. The first kappa shape index (κ1) is 18.8. The van der Waals surface area contributed by atoms with Crippen LogP contribution in [0.2, 0.25) is 0 Å². The van der Waals surface area contributed by atoms with Crippen molar-refractivity contribution in [2.45, 2.75) is 48.2 Å². The van der Waals surface area contributed by atoms with Crippen LogP contribution in [0, 0.1) is 0 Å². The number of ether oxygens (including phenoxy) is 5. The van der Waals surface area contributed by atoms with Crippen molar-refractivity contribution in [3.8, 4) is 11.5 Å². The summed E-state index contributed by atoms with van der Waals surface area (Å²) in [6, 6.07) is 3.78. The molecule has 8 nitrogen and oxygen atoms in total. The van der Waals surface area contributed by atoms with Crippen molar-refractivity contribution < 1.29 is 33.3 Å². The fraction of sp³-hybridized carbons (Fsp3) is 0.619. The van der Waals surface area contributed by atoms with Gasteiger partial charge in [-0.1, -0.05) is 6.07 Å². The van der Waals surface area contributed by atoms with Crippen LogP contribution in [0.1, 0.15) is 36.5 Å². The van der Waals surface area contributed by atoms with E-state index >= 15 is 0 Å². The highest BCUT2D eigenvalue weighted by atomic mass is 16.7. The van der Waals surface area contributed by atoms with E-state index in [0.29, 0.717) is 17.9 Å². The second-order valence-corrected chi connectivity index (χ2v) is 8.28. The van der Waals surface area contributed by atoms with Gasteiger partial charge in [0.25, 0.3) is 0 Å². The number of benzene rings is 1. The molecular formula is C21H25NO7. The van der Waals surface area contributed by atoms with Gasteiger partial charge in [0.05, 0.1) is 20.3 Å². The largest absolute Gasteiger partial charge is 0.493 e. The fourth-order valence-electron chi connectivity index (χ4n) is 6.68. The van der Waals surface area contributed by atoms with Gasteiger partial charge in [-0.15, -0.1) is 0 Å². The third kappa shape index (κ3) is 1.74. The molecule has 8 heteroatoms. The summed E-state index contributed by atoms with van der Waals surface area (Å²) in [6.07, 6.45) is -0.461. The number of methoxy groups -OCH3 is 4. The first-order chi connectivity index (χ1) is 13.9. The molecule has 1 spiro atoms. The van der Waals surface area contributed by atoms with Crippen molar-refractivity contribution in [3.05, 3.63) is 23.3 Å². The molecular weight excluding hydrogens is 378 g/mol. The van der Waals surface area contributed by atoms with Gasteiger partial charge < -0.3 is 28.6 Å². The number of Topliss-reactive ketones (excluding diaryl/α,β-unsaturated/α-hetero) is 1. The number of hydrogen-bond acceptors (Lipinski definition) is 7. The summed E-state index contributed by atoms with van der Waals surface area (Å²) in [6.45, 7) is 0. The van der Waals surface area contributed by atoms with Gasteiger partial charge in [0, 0.05) is 51.5 Å². The predicted octanol–water partition coefficient (Wildman–Crippen LogP) is 1.35. The van der Waals surface area contributed by atoms with Gasteiger partial charge in [0.15, 0.2) is 23.4 Å². The molecule has 0 unspecified atom stereocenters. The van der Waals surface area contributed by atoms with Crippen LogP contribution in [0.3, 0.4) is 0 Å². The number of amides is 1. The standard InChI is InChI=1S/C21H25NO7/c1-22-15(24)10-19-8-12(23)18(27-4)21(28-5)20(19,22)9-14(29-21)11-6-7-13(25-2)17(26-3)16(11)19/h6-7,14,18H,8-10H2,1-5H3/t14-,18-,19+,20-,21-/m0/s1. The van der Waals surface area contributed by atoms with Crippen LogP contribution in [-0.4, -0.2) is 69.5 Å². The zero-order valence-electron chi connectivity index (χ0n) is 17.2. The van der Waals surface area contributed by atoms with Crippen LogP contribution in [0.25, 0.3) is 0 Å². The second-order valence-electron chi connectivity index (χ2n) is 8.28. The zero-order chi connectivity index (χ0) is 20.8. The Labute approximate surface area is 169 Å². The van der Waals surface area contributed by atoms with Crippen LogP contribution >= 0.6 is 0 Å². The Morgan fingerprint density at radius 3 is 2.48 bits per heavy atom. The molecule has 2 saturated heterocycles. The summed E-state index contributed by atoms with van der Waals surface area (Å²) in [4.78, 5) is 28.2. The molecule has 0 radical (unpaired) electrons. The number of fused-ring (bicyclic) bond motifs is 3. The molecule has 0 N–H and O–H groups in total. The molecule has 3 fully saturated rings. The molecule has 4 aliphatic rings. The molecule has 5 rings (SSSR count). The fourth-order valence-corrected chi connectivity index (χ4v) is 6.68. The van der Waals surface area contributed by atoms with Crippen LogP contribution in [0.5, 0.6) is 11.5 Å². The Balaban J connectivity index is 1.92. The Bertz CT molecular complexity index is 932. The highest BCUT2D eigenvalue weighted by molar-refractivity contribution is 5.95. The molecule has 2 aliphatic heterocycles. The van der Waals surface area contributed by atoms with Crippen molar-refractivity contribution >= 4 is 11.7 Å². The Morgan fingerprint density at radius 2 is 1.86 bits per heavy atom. The van der Waals surface area contributed by atoms with Crippen LogP contribution in [0.4, 0.5) is 0 Å². The molecule has 29 heavy (non-hydrogen) atoms. The van der Waals surface area contributed by atoms with Crippen molar-refractivity contribution in [1.29, 1.82) is 0 Å². The molecule has 1 aromatic carbocycles. The lowest BCUT2D eigenvalue weighted by Gasteiger charge is -2.58. The molecule has 1 amide bonds. The number of likely N-dealkylation sites (N-methyl/N-ethyl adjacent to an activating group) is 1. The second kappa shape index (κ2) is 5.71. The van der Waals surface area contributed by atoms with E-state index < -0.39 is 22.8 Å². The molecule has 2 aliphatic carbocycles.